The van der Waals surface area contributed by atoms with E-state index in [1.807, 2.05) is 0 Å². The highest BCUT2D eigenvalue weighted by Crippen LogP contribution is 2.14. The van der Waals surface area contributed by atoms with Gasteiger partial charge in [-0.15, -0.1) is 12.4 Å². The van der Waals surface area contributed by atoms with E-state index in [9.17, 15) is 0 Å². The van der Waals surface area contributed by atoms with Gasteiger partial charge in [0.25, 0.3) is 0 Å². The van der Waals surface area contributed by atoms with Crippen molar-refractivity contribution in [2.24, 2.45) is 0 Å². The fourth-order valence-corrected chi connectivity index (χ4v) is 4.31. The molecule has 184 valence electrons. The van der Waals surface area contributed by atoms with Crippen LogP contribution in [0.4, 0.5) is 0 Å². The molecule has 0 aromatic carbocycles. The van der Waals surface area contributed by atoms with Crippen LogP contribution in [-0.2, 0) is 0 Å². The van der Waals surface area contributed by atoms with Gasteiger partial charge in [-0.1, -0.05) is 155 Å². The molecule has 1 nitrogen and oxygen atoms in total. The highest BCUT2D eigenvalue weighted by atomic mass is 35.5. The van der Waals surface area contributed by atoms with Crippen molar-refractivity contribution >= 4 is 12.4 Å². The topological polar surface area (TPSA) is 12.0 Å². The van der Waals surface area contributed by atoms with E-state index in [4.69, 9.17) is 0 Å². The fourth-order valence-electron chi connectivity index (χ4n) is 4.31. The molecule has 0 aliphatic heterocycles. The minimum atomic E-state index is 0. The third-order valence-corrected chi connectivity index (χ3v) is 6.41. The molecule has 0 radical (unpaired) electrons. The summed E-state index contributed by atoms with van der Waals surface area (Å²) in [5.74, 6) is 0. The van der Waals surface area contributed by atoms with Crippen molar-refractivity contribution in [2.45, 2.75) is 168 Å². The quantitative estimate of drug-likeness (QED) is 0.130. The molecule has 0 atom stereocenters. The zero-order valence-corrected chi connectivity index (χ0v) is 22.1. The summed E-state index contributed by atoms with van der Waals surface area (Å²) in [4.78, 5) is 0. The zero-order valence-electron chi connectivity index (χ0n) is 21.3. The lowest BCUT2D eigenvalue weighted by Crippen LogP contribution is -2.16. The molecule has 0 aromatic rings. The van der Waals surface area contributed by atoms with E-state index in [0.717, 1.165) is 0 Å². The lowest BCUT2D eigenvalue weighted by atomic mass is 10.0. The van der Waals surface area contributed by atoms with Gasteiger partial charge in [-0.2, -0.15) is 0 Å². The monoisotopic (exact) mass is 445 g/mol. The van der Waals surface area contributed by atoms with Gasteiger partial charge in [0.15, 0.2) is 0 Å². The molecule has 0 bridgehead atoms. The summed E-state index contributed by atoms with van der Waals surface area (Å²) >= 11 is 0. The van der Waals surface area contributed by atoms with Crippen LogP contribution in [0.5, 0.6) is 0 Å². The van der Waals surface area contributed by atoms with Crippen LogP contribution in [0.15, 0.2) is 0 Å². The maximum absolute atomic E-state index is 3.60. The van der Waals surface area contributed by atoms with E-state index < -0.39 is 0 Å². The number of hydrogen-bond donors (Lipinski definition) is 1. The maximum Gasteiger partial charge on any atom is -0.00489 e. The zero-order chi connectivity index (χ0) is 21.1. The second-order valence-corrected chi connectivity index (χ2v) is 9.53. The predicted octanol–water partition coefficient (Wildman–Crippen LogP) is 10.4. The summed E-state index contributed by atoms with van der Waals surface area (Å²) in [7, 11) is 0. The Morgan fingerprint density at radius 2 is 0.500 bits per heavy atom. The van der Waals surface area contributed by atoms with Crippen LogP contribution in [0.2, 0.25) is 0 Å². The number of unbranched alkanes of at least 4 members (excludes halogenated alkanes) is 22. The minimum Gasteiger partial charge on any atom is -0.317 e. The third kappa shape index (κ3) is 30.4. The van der Waals surface area contributed by atoms with Crippen molar-refractivity contribution in [3.63, 3.8) is 0 Å². The standard InChI is InChI=1S/C28H59N.ClH/c1-3-5-7-9-10-11-12-13-14-15-16-17-18-19-20-21-22-23-24-26-28-29-27-25-8-6-4-2;/h29H,3-28H2,1-2H3;1H. The number of nitrogens with one attached hydrogen (secondary N) is 1. The third-order valence-electron chi connectivity index (χ3n) is 6.41. The van der Waals surface area contributed by atoms with Gasteiger partial charge in [0, 0.05) is 0 Å². The minimum absolute atomic E-state index is 0. The first-order valence-corrected chi connectivity index (χ1v) is 14.1. The highest BCUT2D eigenvalue weighted by molar-refractivity contribution is 5.85. The van der Waals surface area contributed by atoms with E-state index in [1.165, 1.54) is 167 Å². The number of rotatable bonds is 26. The highest BCUT2D eigenvalue weighted by Gasteiger charge is 1.95. The molecule has 0 saturated carbocycles. The summed E-state index contributed by atoms with van der Waals surface area (Å²) in [5, 5.41) is 3.60. The van der Waals surface area contributed by atoms with Gasteiger partial charge in [0.05, 0.1) is 0 Å². The first-order chi connectivity index (χ1) is 14.4. The second-order valence-electron chi connectivity index (χ2n) is 9.53. The smallest absolute Gasteiger partial charge is 0.00489 e. The molecular weight excluding hydrogens is 386 g/mol. The van der Waals surface area contributed by atoms with E-state index >= 15 is 0 Å². The van der Waals surface area contributed by atoms with Crippen LogP contribution in [0, 0.1) is 0 Å². The van der Waals surface area contributed by atoms with E-state index in [-0.39, 0.29) is 12.4 Å². The molecule has 0 heterocycles. The number of hydrogen-bond acceptors (Lipinski definition) is 1. The molecule has 0 unspecified atom stereocenters. The molecule has 0 rings (SSSR count). The fraction of sp³-hybridized carbons (Fsp3) is 1.00. The summed E-state index contributed by atoms with van der Waals surface area (Å²) < 4.78 is 0. The van der Waals surface area contributed by atoms with E-state index in [0.29, 0.717) is 0 Å². The first kappa shape index (κ1) is 32.4. The van der Waals surface area contributed by atoms with Crippen molar-refractivity contribution in [2.75, 3.05) is 13.1 Å². The molecule has 0 aliphatic carbocycles. The number of halogens is 1. The average molecular weight is 446 g/mol. The van der Waals surface area contributed by atoms with Crippen molar-refractivity contribution in [3.8, 4) is 0 Å². The Labute approximate surface area is 198 Å². The molecule has 1 N–H and O–H groups in total. The van der Waals surface area contributed by atoms with Gasteiger partial charge in [-0.05, 0) is 25.9 Å². The SMILES string of the molecule is CCCCCCCCCCCCCCCCCCCCCCNCCCCCC.Cl. The van der Waals surface area contributed by atoms with E-state index in [2.05, 4.69) is 19.2 Å². The van der Waals surface area contributed by atoms with Gasteiger partial charge in [0.1, 0.15) is 0 Å². The lowest BCUT2D eigenvalue weighted by Gasteiger charge is -2.05. The van der Waals surface area contributed by atoms with Crippen LogP contribution in [0.1, 0.15) is 168 Å². The van der Waals surface area contributed by atoms with Gasteiger partial charge >= 0.3 is 0 Å². The molecule has 0 spiro atoms. The molecule has 0 amide bonds. The van der Waals surface area contributed by atoms with Gasteiger partial charge in [-0.25, -0.2) is 0 Å². The molecule has 30 heavy (non-hydrogen) atoms. The van der Waals surface area contributed by atoms with Crippen molar-refractivity contribution in [3.05, 3.63) is 0 Å². The van der Waals surface area contributed by atoms with Gasteiger partial charge in [-0.3, -0.25) is 0 Å². The first-order valence-electron chi connectivity index (χ1n) is 14.1. The maximum atomic E-state index is 3.60. The Bertz CT molecular complexity index is 243. The van der Waals surface area contributed by atoms with Crippen molar-refractivity contribution in [1.29, 1.82) is 0 Å². The Kier molecular flexibility index (Phi) is 34.0. The lowest BCUT2D eigenvalue weighted by molar-refractivity contribution is 0.517. The van der Waals surface area contributed by atoms with Crippen LogP contribution in [0.25, 0.3) is 0 Å². The molecule has 0 saturated heterocycles. The van der Waals surface area contributed by atoms with Crippen LogP contribution >= 0.6 is 12.4 Å². The Balaban J connectivity index is 0. The second kappa shape index (κ2) is 31.4. The van der Waals surface area contributed by atoms with Crippen LogP contribution in [-0.4, -0.2) is 13.1 Å². The summed E-state index contributed by atoms with van der Waals surface area (Å²) in [6, 6.07) is 0. The van der Waals surface area contributed by atoms with Crippen molar-refractivity contribution < 1.29 is 0 Å². The molecule has 2 heteroatoms. The van der Waals surface area contributed by atoms with Crippen LogP contribution in [0.3, 0.4) is 0 Å². The Morgan fingerprint density at radius 1 is 0.300 bits per heavy atom. The van der Waals surface area contributed by atoms with Crippen LogP contribution < -0.4 is 5.32 Å². The molecule has 0 aliphatic rings. The average Bonchev–Trinajstić information content (AvgIpc) is 2.74. The summed E-state index contributed by atoms with van der Waals surface area (Å²) in [6.45, 7) is 7.06. The van der Waals surface area contributed by atoms with Crippen molar-refractivity contribution in [1.82, 2.24) is 5.32 Å². The molecule has 0 aromatic heterocycles. The molecular formula is C28H60ClN. The Hall–Kier alpha value is 0.250. The normalized spacial score (nSPS) is 11.0. The molecule has 0 fully saturated rings. The summed E-state index contributed by atoms with van der Waals surface area (Å²) in [5.41, 5.74) is 0. The van der Waals surface area contributed by atoms with E-state index in [1.54, 1.807) is 0 Å². The predicted molar refractivity (Wildman–Crippen MR) is 142 cm³/mol. The Morgan fingerprint density at radius 3 is 0.767 bits per heavy atom. The van der Waals surface area contributed by atoms with Gasteiger partial charge < -0.3 is 5.32 Å². The largest absolute Gasteiger partial charge is 0.317 e. The summed E-state index contributed by atoms with van der Waals surface area (Å²) in [6.07, 6.45) is 34.8. The van der Waals surface area contributed by atoms with Gasteiger partial charge in [0.2, 0.25) is 0 Å².